The van der Waals surface area contributed by atoms with E-state index < -0.39 is 21.5 Å². The first-order chi connectivity index (χ1) is 9.77. The predicted octanol–water partition coefficient (Wildman–Crippen LogP) is 3.29. The van der Waals surface area contributed by atoms with Gasteiger partial charge in [0, 0.05) is 24.1 Å². The van der Waals surface area contributed by atoms with Crippen molar-refractivity contribution in [2.75, 3.05) is 11.6 Å². The summed E-state index contributed by atoms with van der Waals surface area (Å²) >= 11 is 0. The normalized spacial score (nSPS) is 11.4. The van der Waals surface area contributed by atoms with Crippen LogP contribution in [0.25, 0.3) is 0 Å². The van der Waals surface area contributed by atoms with E-state index in [1.165, 1.54) is 12.1 Å². The average molecular weight is 311 g/mol. The van der Waals surface area contributed by atoms with Crippen molar-refractivity contribution in [1.29, 1.82) is 0 Å². The van der Waals surface area contributed by atoms with E-state index in [1.807, 2.05) is 0 Å². The number of anilines is 1. The van der Waals surface area contributed by atoms with E-state index in [9.17, 15) is 17.2 Å². The number of halogens is 2. The Labute approximate surface area is 122 Å². The van der Waals surface area contributed by atoms with Gasteiger partial charge in [-0.05, 0) is 42.8 Å². The first kappa shape index (κ1) is 15.4. The number of rotatable bonds is 4. The molecule has 0 saturated carbocycles. The molecule has 1 N–H and O–H groups in total. The van der Waals surface area contributed by atoms with Gasteiger partial charge in [-0.15, -0.1) is 0 Å². The first-order valence-corrected chi connectivity index (χ1v) is 8.15. The van der Waals surface area contributed by atoms with Crippen molar-refractivity contribution >= 4 is 15.5 Å². The second-order valence-electron chi connectivity index (χ2n) is 4.84. The van der Waals surface area contributed by atoms with Gasteiger partial charge in [-0.3, -0.25) is 0 Å². The van der Waals surface area contributed by atoms with E-state index in [4.69, 9.17) is 0 Å². The van der Waals surface area contributed by atoms with Crippen LogP contribution in [0.5, 0.6) is 0 Å². The van der Waals surface area contributed by atoms with E-state index in [1.54, 1.807) is 13.0 Å². The van der Waals surface area contributed by atoms with Gasteiger partial charge in [0.2, 0.25) is 0 Å². The zero-order chi connectivity index (χ0) is 15.6. The van der Waals surface area contributed by atoms with Crippen molar-refractivity contribution in [2.45, 2.75) is 18.4 Å². The minimum atomic E-state index is -3.31. The molecule has 2 aromatic carbocycles. The fraction of sp³-hybridized carbons (Fsp3) is 0.200. The Morgan fingerprint density at radius 1 is 1.10 bits per heavy atom. The summed E-state index contributed by atoms with van der Waals surface area (Å²) in [4.78, 5) is 0.176. The van der Waals surface area contributed by atoms with Crippen LogP contribution >= 0.6 is 0 Å². The van der Waals surface area contributed by atoms with Gasteiger partial charge in [0.15, 0.2) is 9.84 Å². The molecule has 0 spiro atoms. The Balaban J connectivity index is 2.26. The summed E-state index contributed by atoms with van der Waals surface area (Å²) in [6, 6.07) is 7.89. The maximum absolute atomic E-state index is 13.5. The third-order valence-electron chi connectivity index (χ3n) is 3.11. The number of hydrogen-bond acceptors (Lipinski definition) is 3. The average Bonchev–Trinajstić information content (AvgIpc) is 2.40. The van der Waals surface area contributed by atoms with Gasteiger partial charge >= 0.3 is 0 Å². The molecule has 0 atom stereocenters. The van der Waals surface area contributed by atoms with Crippen molar-refractivity contribution in [2.24, 2.45) is 0 Å². The molecule has 2 rings (SSSR count). The van der Waals surface area contributed by atoms with Crippen LogP contribution in [0.15, 0.2) is 41.3 Å². The van der Waals surface area contributed by atoms with Crippen LogP contribution in [-0.2, 0) is 16.4 Å². The highest BCUT2D eigenvalue weighted by Crippen LogP contribution is 2.21. The third-order valence-corrected chi connectivity index (χ3v) is 4.22. The van der Waals surface area contributed by atoms with Crippen molar-refractivity contribution < 1.29 is 17.2 Å². The molecule has 3 nitrogen and oxygen atoms in total. The van der Waals surface area contributed by atoms with Gasteiger partial charge in [-0.2, -0.15) is 0 Å². The van der Waals surface area contributed by atoms with Gasteiger partial charge in [0.25, 0.3) is 0 Å². The first-order valence-electron chi connectivity index (χ1n) is 6.26. The lowest BCUT2D eigenvalue weighted by Crippen LogP contribution is -2.05. The molecule has 0 heterocycles. The van der Waals surface area contributed by atoms with Gasteiger partial charge in [0.1, 0.15) is 11.6 Å². The number of aryl methyl sites for hydroxylation is 1. The molecule has 0 aliphatic heterocycles. The summed E-state index contributed by atoms with van der Waals surface area (Å²) in [6.45, 7) is 1.87. The SMILES string of the molecule is Cc1ccc(S(C)(=O)=O)cc1NCc1cc(F)ccc1F. The monoisotopic (exact) mass is 311 g/mol. The highest BCUT2D eigenvalue weighted by Gasteiger charge is 2.10. The van der Waals surface area contributed by atoms with E-state index in [-0.39, 0.29) is 17.0 Å². The maximum Gasteiger partial charge on any atom is 0.175 e. The van der Waals surface area contributed by atoms with E-state index in [0.717, 1.165) is 30.0 Å². The van der Waals surface area contributed by atoms with Crippen molar-refractivity contribution in [3.05, 3.63) is 59.2 Å². The molecule has 112 valence electrons. The van der Waals surface area contributed by atoms with E-state index in [2.05, 4.69) is 5.32 Å². The summed E-state index contributed by atoms with van der Waals surface area (Å²) in [5, 5.41) is 2.94. The Morgan fingerprint density at radius 3 is 2.48 bits per heavy atom. The Hall–Kier alpha value is -1.95. The minimum Gasteiger partial charge on any atom is -0.381 e. The lowest BCUT2D eigenvalue weighted by Gasteiger charge is -2.12. The molecule has 0 aromatic heterocycles. The molecule has 0 amide bonds. The number of benzene rings is 2. The van der Waals surface area contributed by atoms with Gasteiger partial charge in [-0.25, -0.2) is 17.2 Å². The minimum absolute atomic E-state index is 0.0671. The topological polar surface area (TPSA) is 46.2 Å². The third kappa shape index (κ3) is 3.78. The maximum atomic E-state index is 13.5. The molecule has 0 aliphatic carbocycles. The van der Waals surface area contributed by atoms with Crippen LogP contribution in [0.2, 0.25) is 0 Å². The Kier molecular flexibility index (Phi) is 4.27. The quantitative estimate of drug-likeness (QED) is 0.942. The van der Waals surface area contributed by atoms with Crippen LogP contribution in [0.1, 0.15) is 11.1 Å². The predicted molar refractivity (Wildman–Crippen MR) is 78.0 cm³/mol. The molecular formula is C15H15F2NO2S. The molecule has 0 aliphatic rings. The molecule has 0 fully saturated rings. The lowest BCUT2D eigenvalue weighted by atomic mass is 10.1. The molecule has 0 bridgehead atoms. The van der Waals surface area contributed by atoms with Gasteiger partial charge in [-0.1, -0.05) is 6.07 Å². The van der Waals surface area contributed by atoms with Crippen LogP contribution in [0.4, 0.5) is 14.5 Å². The highest BCUT2D eigenvalue weighted by molar-refractivity contribution is 7.90. The van der Waals surface area contributed by atoms with Crippen molar-refractivity contribution in [3.63, 3.8) is 0 Å². The number of hydrogen-bond donors (Lipinski definition) is 1. The second kappa shape index (κ2) is 5.81. The highest BCUT2D eigenvalue weighted by atomic mass is 32.2. The standard InChI is InChI=1S/C15H15F2NO2S/c1-10-3-5-13(21(2,19)20)8-15(10)18-9-11-7-12(16)4-6-14(11)17/h3-8,18H,9H2,1-2H3. The fourth-order valence-electron chi connectivity index (χ4n) is 1.89. The Morgan fingerprint density at radius 2 is 1.81 bits per heavy atom. The molecule has 6 heteroatoms. The summed E-state index contributed by atoms with van der Waals surface area (Å²) in [7, 11) is -3.31. The van der Waals surface area contributed by atoms with Crippen LogP contribution in [0, 0.1) is 18.6 Å². The van der Waals surface area contributed by atoms with Crippen LogP contribution < -0.4 is 5.32 Å². The molecule has 0 saturated heterocycles. The number of nitrogens with one attached hydrogen (secondary N) is 1. The smallest absolute Gasteiger partial charge is 0.175 e. The summed E-state index contributed by atoms with van der Waals surface area (Å²) in [5.74, 6) is -1.03. The zero-order valence-corrected chi connectivity index (χ0v) is 12.5. The van der Waals surface area contributed by atoms with Gasteiger partial charge < -0.3 is 5.32 Å². The van der Waals surface area contributed by atoms with E-state index >= 15 is 0 Å². The largest absolute Gasteiger partial charge is 0.381 e. The lowest BCUT2D eigenvalue weighted by molar-refractivity contribution is 0.587. The second-order valence-corrected chi connectivity index (χ2v) is 6.85. The fourth-order valence-corrected chi connectivity index (χ4v) is 2.54. The number of sulfone groups is 1. The van der Waals surface area contributed by atoms with Crippen LogP contribution in [0.3, 0.4) is 0 Å². The van der Waals surface area contributed by atoms with Crippen molar-refractivity contribution in [1.82, 2.24) is 0 Å². The zero-order valence-electron chi connectivity index (χ0n) is 11.7. The van der Waals surface area contributed by atoms with Crippen molar-refractivity contribution in [3.8, 4) is 0 Å². The molecule has 2 aromatic rings. The molecular weight excluding hydrogens is 296 g/mol. The summed E-state index contributed by atoms with van der Waals surface area (Å²) in [6.07, 6.45) is 1.12. The Bertz CT molecular complexity index is 773. The van der Waals surface area contributed by atoms with E-state index in [0.29, 0.717) is 5.69 Å². The molecule has 0 radical (unpaired) electrons. The molecule has 21 heavy (non-hydrogen) atoms. The van der Waals surface area contributed by atoms with Gasteiger partial charge in [0.05, 0.1) is 4.90 Å². The summed E-state index contributed by atoms with van der Waals surface area (Å²) < 4.78 is 49.7. The van der Waals surface area contributed by atoms with Crippen LogP contribution in [-0.4, -0.2) is 14.7 Å². The molecule has 0 unspecified atom stereocenters. The summed E-state index contributed by atoms with van der Waals surface area (Å²) in [5.41, 5.74) is 1.57.